The zero-order valence-corrected chi connectivity index (χ0v) is 14.4. The van der Waals surface area contributed by atoms with E-state index in [2.05, 4.69) is 0 Å². The van der Waals surface area contributed by atoms with E-state index in [1.807, 2.05) is 6.07 Å². The van der Waals surface area contributed by atoms with Crippen molar-refractivity contribution in [3.05, 3.63) is 59.2 Å². The molecule has 1 heterocycles. The molecule has 0 radical (unpaired) electrons. The molecular formula is C20H18N2O4. The van der Waals surface area contributed by atoms with Gasteiger partial charge in [-0.25, -0.2) is 0 Å². The van der Waals surface area contributed by atoms with Crippen LogP contribution in [0.1, 0.15) is 39.1 Å². The lowest BCUT2D eigenvalue weighted by Crippen LogP contribution is -2.30. The average Bonchev–Trinajstić information content (AvgIpc) is 2.92. The zero-order valence-electron chi connectivity index (χ0n) is 14.4. The van der Waals surface area contributed by atoms with Crippen molar-refractivity contribution in [2.75, 3.05) is 20.3 Å². The van der Waals surface area contributed by atoms with E-state index < -0.39 is 0 Å². The van der Waals surface area contributed by atoms with E-state index >= 15 is 0 Å². The Kier molecular flexibility index (Phi) is 5.18. The van der Waals surface area contributed by atoms with Crippen molar-refractivity contribution < 1.29 is 19.1 Å². The Hall–Kier alpha value is -3.33. The highest BCUT2D eigenvalue weighted by atomic mass is 16.5. The third-order valence-corrected chi connectivity index (χ3v) is 4.20. The fourth-order valence-electron chi connectivity index (χ4n) is 2.85. The maximum Gasteiger partial charge on any atom is 0.261 e. The van der Waals surface area contributed by atoms with Gasteiger partial charge in [0.1, 0.15) is 0 Å². The van der Waals surface area contributed by atoms with Gasteiger partial charge in [0, 0.05) is 12.6 Å². The highest BCUT2D eigenvalue weighted by Crippen LogP contribution is 2.28. The lowest BCUT2D eigenvalue weighted by atomic mass is 10.1. The van der Waals surface area contributed by atoms with Gasteiger partial charge in [0.2, 0.25) is 0 Å². The predicted octanol–water partition coefficient (Wildman–Crippen LogP) is 3.02. The molecule has 0 bridgehead atoms. The number of unbranched alkanes of at least 4 members (excludes halogenated alkanes) is 1. The molecule has 0 aliphatic carbocycles. The monoisotopic (exact) mass is 350 g/mol. The number of benzene rings is 2. The van der Waals surface area contributed by atoms with Crippen LogP contribution in [-0.4, -0.2) is 37.0 Å². The molecule has 2 aromatic rings. The first-order chi connectivity index (χ1) is 12.7. The summed E-state index contributed by atoms with van der Waals surface area (Å²) in [7, 11) is 1.52. The Morgan fingerprint density at radius 3 is 2.31 bits per heavy atom. The summed E-state index contributed by atoms with van der Waals surface area (Å²) in [6.07, 6.45) is 1.32. The molecular weight excluding hydrogens is 332 g/mol. The molecule has 1 aliphatic heterocycles. The SMILES string of the molecule is COc1cc(C#N)ccc1OCCCCN1C(=O)c2ccccc2C1=O. The van der Waals surface area contributed by atoms with Gasteiger partial charge in [0.25, 0.3) is 11.8 Å². The van der Waals surface area contributed by atoms with Crippen molar-refractivity contribution in [3.8, 4) is 17.6 Å². The van der Waals surface area contributed by atoms with E-state index in [0.717, 1.165) is 0 Å². The van der Waals surface area contributed by atoms with Crippen LogP contribution in [0.5, 0.6) is 11.5 Å². The molecule has 6 nitrogen and oxygen atoms in total. The number of imide groups is 1. The van der Waals surface area contributed by atoms with Crippen molar-refractivity contribution in [1.82, 2.24) is 4.90 Å². The second kappa shape index (κ2) is 7.70. The number of fused-ring (bicyclic) bond motifs is 1. The topological polar surface area (TPSA) is 79.6 Å². The largest absolute Gasteiger partial charge is 0.493 e. The molecule has 0 saturated carbocycles. The van der Waals surface area contributed by atoms with Gasteiger partial charge in [-0.05, 0) is 37.1 Å². The van der Waals surface area contributed by atoms with Crippen LogP contribution in [0.15, 0.2) is 42.5 Å². The first-order valence-electron chi connectivity index (χ1n) is 8.32. The molecule has 26 heavy (non-hydrogen) atoms. The van der Waals surface area contributed by atoms with Crippen LogP contribution in [0.3, 0.4) is 0 Å². The number of methoxy groups -OCH3 is 1. The summed E-state index contributed by atoms with van der Waals surface area (Å²) in [6, 6.07) is 13.9. The number of ether oxygens (including phenoxy) is 2. The quantitative estimate of drug-likeness (QED) is 0.566. The second-order valence-corrected chi connectivity index (χ2v) is 5.84. The van der Waals surface area contributed by atoms with Gasteiger partial charge in [-0.15, -0.1) is 0 Å². The zero-order chi connectivity index (χ0) is 18.5. The van der Waals surface area contributed by atoms with E-state index in [1.54, 1.807) is 42.5 Å². The van der Waals surface area contributed by atoms with Crippen LogP contribution < -0.4 is 9.47 Å². The van der Waals surface area contributed by atoms with Crippen molar-refractivity contribution in [3.63, 3.8) is 0 Å². The molecule has 0 saturated heterocycles. The molecule has 0 atom stereocenters. The average molecular weight is 350 g/mol. The molecule has 1 aliphatic rings. The molecule has 0 unspecified atom stereocenters. The Balaban J connectivity index is 1.49. The molecule has 0 aromatic heterocycles. The highest BCUT2D eigenvalue weighted by Gasteiger charge is 2.34. The van der Waals surface area contributed by atoms with Gasteiger partial charge in [-0.2, -0.15) is 5.26 Å². The normalized spacial score (nSPS) is 12.7. The molecule has 0 N–H and O–H groups in total. The van der Waals surface area contributed by atoms with Crippen molar-refractivity contribution in [2.24, 2.45) is 0 Å². The maximum absolute atomic E-state index is 12.3. The molecule has 132 valence electrons. The van der Waals surface area contributed by atoms with E-state index in [9.17, 15) is 9.59 Å². The van der Waals surface area contributed by atoms with E-state index in [0.29, 0.717) is 54.2 Å². The lowest BCUT2D eigenvalue weighted by Gasteiger charge is -2.14. The fraction of sp³-hybridized carbons (Fsp3) is 0.250. The molecule has 0 fully saturated rings. The number of carbonyl (C=O) groups excluding carboxylic acids is 2. The fourth-order valence-corrected chi connectivity index (χ4v) is 2.85. The lowest BCUT2D eigenvalue weighted by molar-refractivity contribution is 0.0649. The van der Waals surface area contributed by atoms with Crippen LogP contribution in [0, 0.1) is 11.3 Å². The van der Waals surface area contributed by atoms with Crippen LogP contribution >= 0.6 is 0 Å². The first kappa shape index (κ1) is 17.5. The number of hydrogen-bond acceptors (Lipinski definition) is 5. The molecule has 2 aromatic carbocycles. The number of rotatable bonds is 7. The summed E-state index contributed by atoms with van der Waals surface area (Å²) in [5.74, 6) is 0.595. The van der Waals surface area contributed by atoms with Gasteiger partial charge >= 0.3 is 0 Å². The molecule has 0 spiro atoms. The van der Waals surface area contributed by atoms with Crippen molar-refractivity contribution >= 4 is 11.8 Å². The predicted molar refractivity (Wildman–Crippen MR) is 94.2 cm³/mol. The van der Waals surface area contributed by atoms with E-state index in [4.69, 9.17) is 14.7 Å². The smallest absolute Gasteiger partial charge is 0.261 e. The van der Waals surface area contributed by atoms with Crippen LogP contribution in [0.2, 0.25) is 0 Å². The highest BCUT2D eigenvalue weighted by molar-refractivity contribution is 6.21. The summed E-state index contributed by atoms with van der Waals surface area (Å²) >= 11 is 0. The van der Waals surface area contributed by atoms with Gasteiger partial charge in [0.15, 0.2) is 11.5 Å². The number of hydrogen-bond donors (Lipinski definition) is 0. The Morgan fingerprint density at radius 1 is 1.00 bits per heavy atom. The van der Waals surface area contributed by atoms with E-state index in [-0.39, 0.29) is 11.8 Å². The van der Waals surface area contributed by atoms with Gasteiger partial charge < -0.3 is 9.47 Å². The second-order valence-electron chi connectivity index (χ2n) is 5.84. The summed E-state index contributed by atoms with van der Waals surface area (Å²) in [5.41, 5.74) is 1.44. The third-order valence-electron chi connectivity index (χ3n) is 4.20. The van der Waals surface area contributed by atoms with Gasteiger partial charge in [-0.1, -0.05) is 12.1 Å². The van der Waals surface area contributed by atoms with Crippen LogP contribution in [0.25, 0.3) is 0 Å². The number of carbonyl (C=O) groups is 2. The molecule has 3 rings (SSSR count). The summed E-state index contributed by atoms with van der Waals surface area (Å²) in [6.45, 7) is 0.783. The first-order valence-corrected chi connectivity index (χ1v) is 8.32. The van der Waals surface area contributed by atoms with Crippen LogP contribution in [-0.2, 0) is 0 Å². The third kappa shape index (κ3) is 3.38. The van der Waals surface area contributed by atoms with Crippen LogP contribution in [0.4, 0.5) is 0 Å². The standard InChI is InChI=1S/C20H18N2O4/c1-25-18-12-14(13-21)8-9-17(18)26-11-5-4-10-22-19(23)15-6-2-3-7-16(15)20(22)24/h2-3,6-9,12H,4-5,10-11H2,1H3. The Bertz CT molecular complexity index is 851. The van der Waals surface area contributed by atoms with Gasteiger partial charge in [-0.3, -0.25) is 14.5 Å². The minimum absolute atomic E-state index is 0.236. The number of nitrogens with zero attached hydrogens (tertiary/aromatic N) is 2. The van der Waals surface area contributed by atoms with Gasteiger partial charge in [0.05, 0.1) is 36.5 Å². The Labute approximate surface area is 151 Å². The summed E-state index contributed by atoms with van der Waals surface area (Å²) < 4.78 is 10.9. The van der Waals surface area contributed by atoms with Crippen molar-refractivity contribution in [2.45, 2.75) is 12.8 Å². The summed E-state index contributed by atoms with van der Waals surface area (Å²) in [4.78, 5) is 25.8. The number of amides is 2. The maximum atomic E-state index is 12.3. The van der Waals surface area contributed by atoms with Crippen molar-refractivity contribution in [1.29, 1.82) is 5.26 Å². The van der Waals surface area contributed by atoms with E-state index in [1.165, 1.54) is 12.0 Å². The minimum atomic E-state index is -0.236. The Morgan fingerprint density at radius 2 is 1.69 bits per heavy atom. The molecule has 2 amide bonds. The number of nitriles is 1. The summed E-state index contributed by atoms with van der Waals surface area (Å²) in [5, 5.41) is 8.90. The minimum Gasteiger partial charge on any atom is -0.493 e. The molecule has 6 heteroatoms.